The van der Waals surface area contributed by atoms with Gasteiger partial charge in [0.05, 0.1) is 11.1 Å². The molecule has 4 nitrogen and oxygen atoms in total. The van der Waals surface area contributed by atoms with Crippen LogP contribution in [-0.2, 0) is 18.1 Å². The molecule has 1 amide bonds. The first-order valence-electron chi connectivity index (χ1n) is 13.6. The van der Waals surface area contributed by atoms with Crippen LogP contribution in [0.2, 0.25) is 0 Å². The van der Waals surface area contributed by atoms with Crippen LogP contribution in [-0.4, -0.2) is 31.2 Å². The first-order valence-corrected chi connectivity index (χ1v) is 13.6. The molecular formula is C32H20F13NO3. The number of carbonyl (C=O) groups excluding carboxylic acids is 1. The molecule has 0 aliphatic carbocycles. The molecule has 0 aliphatic heterocycles. The van der Waals surface area contributed by atoms with Crippen molar-refractivity contribution in [3.63, 3.8) is 0 Å². The van der Waals surface area contributed by atoms with Crippen molar-refractivity contribution in [3.05, 3.63) is 130 Å². The van der Waals surface area contributed by atoms with Crippen molar-refractivity contribution in [2.45, 2.75) is 36.8 Å². The molecule has 49 heavy (non-hydrogen) atoms. The van der Waals surface area contributed by atoms with Gasteiger partial charge in [-0.1, -0.05) is 36.4 Å². The minimum atomic E-state index is -5.29. The van der Waals surface area contributed by atoms with Gasteiger partial charge >= 0.3 is 24.9 Å². The van der Waals surface area contributed by atoms with Crippen molar-refractivity contribution in [2.75, 3.05) is 6.61 Å². The van der Waals surface area contributed by atoms with Crippen LogP contribution in [0.3, 0.4) is 0 Å². The second-order valence-corrected chi connectivity index (χ2v) is 10.4. The van der Waals surface area contributed by atoms with Crippen LogP contribution in [0, 0.1) is 17.5 Å². The van der Waals surface area contributed by atoms with E-state index in [0.717, 1.165) is 6.07 Å². The molecule has 17 heteroatoms. The topological polar surface area (TPSA) is 47.6 Å². The number of nitrogens with one attached hydrogen (secondary N) is 1. The largest absolute Gasteiger partial charge is 0.481 e. The Morgan fingerprint density at radius 1 is 0.714 bits per heavy atom. The molecule has 0 aromatic heterocycles. The van der Waals surface area contributed by atoms with E-state index in [1.165, 1.54) is 30.3 Å². The lowest BCUT2D eigenvalue weighted by Gasteiger charge is -2.37. The molecule has 1 atom stereocenters. The maximum Gasteiger partial charge on any atom is 0.461 e. The van der Waals surface area contributed by atoms with Gasteiger partial charge in [0.15, 0.2) is 18.2 Å². The Morgan fingerprint density at radius 3 is 1.96 bits per heavy atom. The predicted molar refractivity (Wildman–Crippen MR) is 146 cm³/mol. The first-order chi connectivity index (χ1) is 22.7. The van der Waals surface area contributed by atoms with E-state index in [4.69, 9.17) is 0 Å². The van der Waals surface area contributed by atoms with Crippen LogP contribution in [0.25, 0.3) is 0 Å². The van der Waals surface area contributed by atoms with Gasteiger partial charge in [-0.25, -0.2) is 13.2 Å². The van der Waals surface area contributed by atoms with Gasteiger partial charge in [-0.05, 0) is 53.6 Å². The van der Waals surface area contributed by atoms with E-state index >= 15 is 4.39 Å². The molecule has 1 unspecified atom stereocenters. The highest BCUT2D eigenvalue weighted by Crippen LogP contribution is 2.40. The van der Waals surface area contributed by atoms with Gasteiger partial charge in [0.1, 0.15) is 17.4 Å². The fourth-order valence-electron chi connectivity index (χ4n) is 4.73. The number of halogens is 13. The molecule has 0 saturated heterocycles. The van der Waals surface area contributed by atoms with Crippen molar-refractivity contribution >= 4 is 5.91 Å². The van der Waals surface area contributed by atoms with E-state index in [1.54, 1.807) is 0 Å². The number of amides is 1. The van der Waals surface area contributed by atoms with E-state index in [-0.39, 0.29) is 17.7 Å². The van der Waals surface area contributed by atoms with Crippen LogP contribution in [0.15, 0.2) is 84.9 Å². The lowest BCUT2D eigenvalue weighted by atomic mass is 9.77. The molecule has 262 valence electrons. The van der Waals surface area contributed by atoms with Crippen LogP contribution in [0.1, 0.15) is 32.6 Å². The number of carbonyl (C=O) groups is 1. The normalized spacial score (nSPS) is 13.6. The Balaban J connectivity index is 1.98. The van der Waals surface area contributed by atoms with Crippen molar-refractivity contribution in [1.82, 2.24) is 5.32 Å². The summed E-state index contributed by atoms with van der Waals surface area (Å²) in [6.07, 6.45) is -20.3. The lowest BCUT2D eigenvalue weighted by molar-refractivity contribution is -0.253. The fourth-order valence-corrected chi connectivity index (χ4v) is 4.73. The van der Waals surface area contributed by atoms with Crippen LogP contribution in [0.5, 0.6) is 11.5 Å². The second-order valence-electron chi connectivity index (χ2n) is 10.4. The van der Waals surface area contributed by atoms with Gasteiger partial charge in [-0.15, -0.1) is 0 Å². The molecule has 0 radical (unpaired) electrons. The van der Waals surface area contributed by atoms with Gasteiger partial charge < -0.3 is 14.8 Å². The quantitative estimate of drug-likeness (QED) is 0.158. The molecule has 0 fully saturated rings. The van der Waals surface area contributed by atoms with Gasteiger partial charge in [0, 0.05) is 23.6 Å². The maximum absolute atomic E-state index is 16.0. The second kappa shape index (κ2) is 13.9. The number of ether oxygens (including phenoxy) is 2. The molecule has 0 aliphatic rings. The molecule has 0 spiro atoms. The Bertz CT molecular complexity index is 1790. The summed E-state index contributed by atoms with van der Waals surface area (Å²) in [7, 11) is 0. The van der Waals surface area contributed by atoms with Gasteiger partial charge in [0.2, 0.25) is 0 Å². The Morgan fingerprint density at radius 2 is 1.37 bits per heavy atom. The third kappa shape index (κ3) is 8.75. The number of hydrogen-bond acceptors (Lipinski definition) is 3. The number of alkyl halides is 10. The summed E-state index contributed by atoms with van der Waals surface area (Å²) in [5, 5.41) is 2.29. The van der Waals surface area contributed by atoms with E-state index in [2.05, 4.69) is 14.8 Å². The number of rotatable bonds is 11. The Kier molecular flexibility index (Phi) is 10.4. The zero-order valence-electron chi connectivity index (χ0n) is 24.2. The fraction of sp³-hybridized carbons (Fsp3) is 0.219. The molecule has 4 rings (SSSR count). The smallest absolute Gasteiger partial charge is 0.461 e. The maximum atomic E-state index is 16.0. The zero-order valence-corrected chi connectivity index (χ0v) is 24.2. The molecule has 0 bridgehead atoms. The molecular weight excluding hydrogens is 693 g/mol. The zero-order chi connectivity index (χ0) is 36.4. The van der Waals surface area contributed by atoms with Crippen LogP contribution in [0.4, 0.5) is 57.1 Å². The third-order valence-electron chi connectivity index (χ3n) is 6.90. The van der Waals surface area contributed by atoms with Crippen LogP contribution >= 0.6 is 0 Å². The molecule has 1 N–H and O–H groups in total. The van der Waals surface area contributed by atoms with E-state index in [0.29, 0.717) is 36.4 Å². The monoisotopic (exact) mass is 713 g/mol. The molecule has 4 aromatic carbocycles. The molecule has 0 heterocycles. The Labute approximate surface area is 268 Å². The Hall–Kier alpha value is -4.96. The standard InChI is InChI=1S/C32H20F13NO3/c33-23-10-6-18(12-22(23)31(41,42)43)27(47)46-29(15-17-4-2-1-3-5-17,19-7-11-24(34)26(13-19)48-16-30(38,39)40)21-9-8-20(14-25(21)35)49-32(44,45)28(36)37/h1-14,28H,15-16H2,(H,46,47). The highest BCUT2D eigenvalue weighted by Gasteiger charge is 2.45. The van der Waals surface area contributed by atoms with E-state index in [1.807, 2.05) is 0 Å². The number of hydrogen-bond donors (Lipinski definition) is 1. The lowest BCUT2D eigenvalue weighted by Crippen LogP contribution is -2.49. The highest BCUT2D eigenvalue weighted by atomic mass is 19.4. The molecule has 4 aromatic rings. The highest BCUT2D eigenvalue weighted by molar-refractivity contribution is 5.95. The van der Waals surface area contributed by atoms with E-state index in [9.17, 15) is 57.5 Å². The summed E-state index contributed by atoms with van der Waals surface area (Å²) >= 11 is 0. The van der Waals surface area contributed by atoms with Crippen molar-refractivity contribution in [2.24, 2.45) is 0 Å². The van der Waals surface area contributed by atoms with Gasteiger partial charge in [0.25, 0.3) is 5.91 Å². The SMILES string of the molecule is O=C(NC(Cc1ccccc1)(c1ccc(F)c(OCC(F)(F)F)c1)c1ccc(OC(F)(F)C(F)F)cc1F)c1ccc(F)c(C(F)(F)F)c1. The summed E-state index contributed by atoms with van der Waals surface area (Å²) in [6.45, 7) is -2.01. The van der Waals surface area contributed by atoms with Crippen LogP contribution < -0.4 is 14.8 Å². The minimum absolute atomic E-state index is 0.125. The summed E-state index contributed by atoms with van der Waals surface area (Å²) in [5.74, 6) is -8.34. The van der Waals surface area contributed by atoms with Crippen molar-refractivity contribution < 1.29 is 71.3 Å². The molecule has 0 saturated carbocycles. The number of benzene rings is 4. The summed E-state index contributed by atoms with van der Waals surface area (Å²) in [6, 6.07) is 11.8. The third-order valence-corrected chi connectivity index (χ3v) is 6.90. The minimum Gasteiger partial charge on any atom is -0.481 e. The van der Waals surface area contributed by atoms with Crippen molar-refractivity contribution in [3.8, 4) is 11.5 Å². The summed E-state index contributed by atoms with van der Waals surface area (Å²) < 4.78 is 185. The first kappa shape index (κ1) is 36.9. The van der Waals surface area contributed by atoms with Crippen molar-refractivity contribution in [1.29, 1.82) is 0 Å². The average Bonchev–Trinajstić information content (AvgIpc) is 2.99. The predicted octanol–water partition coefficient (Wildman–Crippen LogP) is 9.22. The summed E-state index contributed by atoms with van der Waals surface area (Å²) in [4.78, 5) is 13.7. The van der Waals surface area contributed by atoms with Gasteiger partial charge in [-0.2, -0.15) is 43.9 Å². The van der Waals surface area contributed by atoms with Gasteiger partial charge in [-0.3, -0.25) is 4.79 Å². The average molecular weight is 713 g/mol. The summed E-state index contributed by atoms with van der Waals surface area (Å²) in [5.41, 5.74) is -6.16. The van der Waals surface area contributed by atoms with E-state index < -0.39 is 101 Å².